The molecule has 0 aliphatic carbocycles. The average molecular weight is 342 g/mol. The van der Waals surface area contributed by atoms with Crippen LogP contribution in [0.15, 0.2) is 45.7 Å². The minimum Gasteiger partial charge on any atom is -0.451 e. The highest BCUT2D eigenvalue weighted by molar-refractivity contribution is 7.98. The van der Waals surface area contributed by atoms with Crippen molar-refractivity contribution < 1.29 is 9.21 Å². The van der Waals surface area contributed by atoms with Crippen molar-refractivity contribution in [2.45, 2.75) is 23.8 Å². The number of benzene rings is 1. The molecule has 3 fully saturated rings. The van der Waals surface area contributed by atoms with Gasteiger partial charge in [0, 0.05) is 23.0 Å². The van der Waals surface area contributed by atoms with E-state index in [4.69, 9.17) is 4.42 Å². The zero-order valence-electron chi connectivity index (χ0n) is 13.8. The number of rotatable bonds is 4. The minimum atomic E-state index is -0.0963. The second kappa shape index (κ2) is 6.65. The molecule has 1 atom stereocenters. The van der Waals surface area contributed by atoms with E-state index >= 15 is 0 Å². The van der Waals surface area contributed by atoms with Crippen molar-refractivity contribution in [2.24, 2.45) is 5.92 Å². The van der Waals surface area contributed by atoms with Gasteiger partial charge in [-0.05, 0) is 62.4 Å². The Morgan fingerprint density at radius 1 is 1.25 bits per heavy atom. The number of thioether (sulfide) groups is 1. The van der Waals surface area contributed by atoms with Crippen LogP contribution in [0.3, 0.4) is 0 Å². The van der Waals surface area contributed by atoms with Crippen LogP contribution in [-0.2, 0) is 0 Å². The summed E-state index contributed by atoms with van der Waals surface area (Å²) in [5.41, 5.74) is 1.00. The number of hydrogen-bond donors (Lipinski definition) is 1. The Morgan fingerprint density at radius 2 is 2.08 bits per heavy atom. The van der Waals surface area contributed by atoms with Gasteiger partial charge in [0.05, 0.1) is 0 Å². The van der Waals surface area contributed by atoms with Crippen molar-refractivity contribution in [3.63, 3.8) is 0 Å². The van der Waals surface area contributed by atoms with Gasteiger partial charge in [0.1, 0.15) is 5.76 Å². The molecule has 0 radical (unpaired) electrons. The lowest BCUT2D eigenvalue weighted by Gasteiger charge is -2.44. The van der Waals surface area contributed by atoms with Gasteiger partial charge in [-0.2, -0.15) is 0 Å². The molecule has 24 heavy (non-hydrogen) atoms. The molecule has 1 aromatic carbocycles. The summed E-state index contributed by atoms with van der Waals surface area (Å²) in [4.78, 5) is 16.1. The molecule has 3 saturated heterocycles. The van der Waals surface area contributed by atoms with Crippen LogP contribution < -0.4 is 5.32 Å². The van der Waals surface area contributed by atoms with Crippen molar-refractivity contribution in [1.29, 1.82) is 0 Å². The third-order valence-corrected chi connectivity index (χ3v) is 5.88. The Kier molecular flexibility index (Phi) is 4.37. The first-order chi connectivity index (χ1) is 11.7. The van der Waals surface area contributed by atoms with Gasteiger partial charge in [-0.25, -0.2) is 0 Å². The fourth-order valence-electron chi connectivity index (χ4n) is 3.76. The van der Waals surface area contributed by atoms with Crippen LogP contribution in [0.1, 0.15) is 23.4 Å². The van der Waals surface area contributed by atoms with E-state index in [1.54, 1.807) is 17.8 Å². The van der Waals surface area contributed by atoms with Crippen molar-refractivity contribution in [1.82, 2.24) is 10.2 Å². The lowest BCUT2D eigenvalue weighted by Crippen LogP contribution is -2.57. The third kappa shape index (κ3) is 3.10. The minimum absolute atomic E-state index is 0.0963. The summed E-state index contributed by atoms with van der Waals surface area (Å²) in [6.07, 6.45) is 4.43. The molecule has 2 aromatic rings. The topological polar surface area (TPSA) is 45.5 Å². The zero-order chi connectivity index (χ0) is 16.5. The van der Waals surface area contributed by atoms with E-state index < -0.39 is 0 Å². The van der Waals surface area contributed by atoms with Crippen molar-refractivity contribution in [3.8, 4) is 11.3 Å². The van der Waals surface area contributed by atoms with E-state index in [0.717, 1.165) is 17.9 Å². The van der Waals surface area contributed by atoms with Crippen LogP contribution >= 0.6 is 11.8 Å². The third-order valence-electron chi connectivity index (χ3n) is 5.16. The number of carbonyl (C=O) groups excluding carboxylic acids is 1. The van der Waals surface area contributed by atoms with Gasteiger partial charge < -0.3 is 14.6 Å². The quantitative estimate of drug-likeness (QED) is 0.864. The van der Waals surface area contributed by atoms with E-state index in [1.807, 2.05) is 24.5 Å². The largest absolute Gasteiger partial charge is 0.451 e. The van der Waals surface area contributed by atoms with Crippen LogP contribution in [-0.4, -0.2) is 42.7 Å². The van der Waals surface area contributed by atoms with Crippen molar-refractivity contribution >= 4 is 17.7 Å². The standard InChI is InChI=1S/C19H22N2O2S/c1-24-15-4-2-3-14(11-15)17-5-6-18(23-17)19(22)20-16-12-21-9-7-13(16)8-10-21/h2-6,11,13,16H,7-10,12H2,1H3,(H,20,22)/t16-/m0/s1. The predicted octanol–water partition coefficient (Wildman–Crippen LogP) is 3.49. The molecule has 0 unspecified atom stereocenters. The monoisotopic (exact) mass is 342 g/mol. The molecule has 4 heterocycles. The second-order valence-corrected chi connectivity index (χ2v) is 7.49. The van der Waals surface area contributed by atoms with Crippen LogP contribution in [0.4, 0.5) is 0 Å². The molecule has 5 heteroatoms. The maximum absolute atomic E-state index is 12.5. The van der Waals surface area contributed by atoms with Crippen molar-refractivity contribution in [2.75, 3.05) is 25.9 Å². The Morgan fingerprint density at radius 3 is 2.79 bits per heavy atom. The smallest absolute Gasteiger partial charge is 0.287 e. The molecule has 3 aliphatic rings. The van der Waals surface area contributed by atoms with E-state index in [9.17, 15) is 4.79 Å². The number of hydrogen-bond acceptors (Lipinski definition) is 4. The van der Waals surface area contributed by atoms with Gasteiger partial charge in [-0.3, -0.25) is 4.79 Å². The van der Waals surface area contributed by atoms with E-state index in [2.05, 4.69) is 22.3 Å². The van der Waals surface area contributed by atoms with Gasteiger partial charge in [-0.15, -0.1) is 11.8 Å². The summed E-state index contributed by atoms with van der Waals surface area (Å²) in [7, 11) is 0. The first kappa shape index (κ1) is 15.8. The van der Waals surface area contributed by atoms with E-state index in [1.165, 1.54) is 30.8 Å². The number of carbonyl (C=O) groups is 1. The maximum atomic E-state index is 12.5. The number of nitrogens with zero attached hydrogens (tertiary/aromatic N) is 1. The Hall–Kier alpha value is -1.72. The molecule has 1 amide bonds. The molecular formula is C19H22N2O2S. The first-order valence-electron chi connectivity index (χ1n) is 8.50. The second-order valence-electron chi connectivity index (χ2n) is 6.61. The van der Waals surface area contributed by atoms with Crippen LogP contribution in [0, 0.1) is 5.92 Å². The normalized spacial score (nSPS) is 25.6. The number of piperidine rings is 3. The van der Waals surface area contributed by atoms with Crippen LogP contribution in [0.25, 0.3) is 11.3 Å². The van der Waals surface area contributed by atoms with Gasteiger partial charge in [0.25, 0.3) is 5.91 Å². The Balaban J connectivity index is 1.47. The summed E-state index contributed by atoms with van der Waals surface area (Å²) >= 11 is 1.70. The lowest BCUT2D eigenvalue weighted by atomic mass is 9.84. The van der Waals surface area contributed by atoms with Crippen LogP contribution in [0.5, 0.6) is 0 Å². The molecule has 5 rings (SSSR count). The fraction of sp³-hybridized carbons (Fsp3) is 0.421. The Labute approximate surface area is 146 Å². The van der Waals surface area contributed by atoms with Crippen molar-refractivity contribution in [3.05, 3.63) is 42.2 Å². The maximum Gasteiger partial charge on any atom is 0.287 e. The molecule has 2 bridgehead atoms. The van der Waals surface area contributed by atoms with Gasteiger partial charge >= 0.3 is 0 Å². The van der Waals surface area contributed by atoms with Gasteiger partial charge in [0.2, 0.25) is 0 Å². The number of fused-ring (bicyclic) bond motifs is 3. The van der Waals surface area contributed by atoms with E-state index in [-0.39, 0.29) is 11.9 Å². The molecule has 1 N–H and O–H groups in total. The molecular weight excluding hydrogens is 320 g/mol. The number of amides is 1. The number of nitrogens with one attached hydrogen (secondary N) is 1. The number of furan rings is 1. The molecule has 0 saturated carbocycles. The van der Waals surface area contributed by atoms with Gasteiger partial charge in [-0.1, -0.05) is 12.1 Å². The van der Waals surface area contributed by atoms with E-state index in [0.29, 0.717) is 11.7 Å². The summed E-state index contributed by atoms with van der Waals surface area (Å²) in [5.74, 6) is 1.66. The summed E-state index contributed by atoms with van der Waals surface area (Å²) in [6, 6.07) is 12.1. The van der Waals surface area contributed by atoms with Gasteiger partial charge in [0.15, 0.2) is 5.76 Å². The molecule has 126 valence electrons. The highest BCUT2D eigenvalue weighted by Crippen LogP contribution is 2.29. The fourth-order valence-corrected chi connectivity index (χ4v) is 4.22. The zero-order valence-corrected chi connectivity index (χ0v) is 14.6. The predicted molar refractivity (Wildman–Crippen MR) is 96.3 cm³/mol. The Bertz CT molecular complexity index is 734. The SMILES string of the molecule is CSc1cccc(-c2ccc(C(=O)N[C@H]3CN4CCC3CC4)o2)c1. The molecule has 3 aliphatic heterocycles. The van der Waals surface area contributed by atoms with Crippen LogP contribution in [0.2, 0.25) is 0 Å². The first-order valence-corrected chi connectivity index (χ1v) is 9.73. The lowest BCUT2D eigenvalue weighted by molar-refractivity contribution is 0.0606. The highest BCUT2D eigenvalue weighted by Gasteiger charge is 2.35. The summed E-state index contributed by atoms with van der Waals surface area (Å²) in [5, 5.41) is 3.18. The average Bonchev–Trinajstić information content (AvgIpc) is 3.13. The molecule has 0 spiro atoms. The molecule has 1 aromatic heterocycles. The highest BCUT2D eigenvalue weighted by atomic mass is 32.2. The summed E-state index contributed by atoms with van der Waals surface area (Å²) in [6.45, 7) is 3.32. The molecule has 4 nitrogen and oxygen atoms in total. The summed E-state index contributed by atoms with van der Waals surface area (Å²) < 4.78 is 5.82.